The number of fused-ring (bicyclic) bond motifs is 1. The summed E-state index contributed by atoms with van der Waals surface area (Å²) in [7, 11) is -3.56. The summed E-state index contributed by atoms with van der Waals surface area (Å²) in [6.07, 6.45) is 0.788. The number of nitrogens with one attached hydrogen (secondary N) is 1. The van der Waals surface area contributed by atoms with Crippen LogP contribution in [0.1, 0.15) is 18.1 Å². The van der Waals surface area contributed by atoms with Gasteiger partial charge in [-0.2, -0.15) is 0 Å². The van der Waals surface area contributed by atoms with Gasteiger partial charge in [0.25, 0.3) is 0 Å². The van der Waals surface area contributed by atoms with E-state index >= 15 is 0 Å². The first kappa shape index (κ1) is 16.4. The Hall–Kier alpha value is -1.41. The van der Waals surface area contributed by atoms with E-state index in [1.165, 1.54) is 6.07 Å². The van der Waals surface area contributed by atoms with Gasteiger partial charge in [-0.3, -0.25) is 4.79 Å². The third-order valence-corrected chi connectivity index (χ3v) is 6.82. The summed E-state index contributed by atoms with van der Waals surface area (Å²) in [5.41, 5.74) is 2.84. The van der Waals surface area contributed by atoms with Gasteiger partial charge in [-0.15, -0.1) is 11.3 Å². The fourth-order valence-corrected chi connectivity index (χ4v) is 5.13. The number of thiophene rings is 1. The number of rotatable bonds is 4. The van der Waals surface area contributed by atoms with E-state index in [4.69, 9.17) is 11.6 Å². The zero-order chi connectivity index (χ0) is 16.6. The molecule has 0 fully saturated rings. The topological polar surface area (TPSA) is 66.5 Å². The van der Waals surface area contributed by atoms with Gasteiger partial charge in [0.05, 0.1) is 4.34 Å². The van der Waals surface area contributed by atoms with Crippen LogP contribution in [-0.4, -0.2) is 20.9 Å². The molecule has 5 nitrogen and oxygen atoms in total. The predicted octanol–water partition coefficient (Wildman–Crippen LogP) is 2.79. The molecule has 23 heavy (non-hydrogen) atoms. The number of hydrogen-bond acceptors (Lipinski definition) is 4. The number of carbonyl (C=O) groups is 1. The minimum Gasteiger partial charge on any atom is -0.312 e. The number of benzene rings is 1. The second kappa shape index (κ2) is 6.24. The van der Waals surface area contributed by atoms with E-state index in [2.05, 4.69) is 4.72 Å². The maximum atomic E-state index is 12.2. The molecule has 3 rings (SSSR count). The van der Waals surface area contributed by atoms with Crippen LogP contribution in [0.5, 0.6) is 0 Å². The number of hydrogen-bond donors (Lipinski definition) is 1. The fraction of sp³-hybridized carbons (Fsp3) is 0.267. The standard InChI is InChI=1S/C15H15ClN2O3S2/c1-10(19)18-7-6-12-8-11(2-3-13(12)18)9-17-23(20,21)15-5-4-14(16)22-15/h2-5,8,17H,6-7,9H2,1H3. The molecule has 0 unspecified atom stereocenters. The molecule has 2 heterocycles. The van der Waals surface area contributed by atoms with Crippen LogP contribution in [0.15, 0.2) is 34.5 Å². The molecular weight excluding hydrogens is 356 g/mol. The lowest BCUT2D eigenvalue weighted by Crippen LogP contribution is -2.25. The molecule has 1 aliphatic rings. The quantitative estimate of drug-likeness (QED) is 0.899. The summed E-state index contributed by atoms with van der Waals surface area (Å²) in [5.74, 6) is 0.0202. The number of carbonyl (C=O) groups excluding carboxylic acids is 1. The van der Waals surface area contributed by atoms with E-state index in [1.54, 1.807) is 17.9 Å². The molecule has 122 valence electrons. The number of sulfonamides is 1. The molecular formula is C15H15ClN2O3S2. The van der Waals surface area contributed by atoms with Crippen LogP contribution in [0.25, 0.3) is 0 Å². The van der Waals surface area contributed by atoms with Gasteiger partial charge in [-0.1, -0.05) is 23.7 Å². The van der Waals surface area contributed by atoms with Gasteiger partial charge in [-0.25, -0.2) is 13.1 Å². The Bertz CT molecular complexity index is 861. The van der Waals surface area contributed by atoms with E-state index < -0.39 is 10.0 Å². The van der Waals surface area contributed by atoms with Crippen LogP contribution in [-0.2, 0) is 27.8 Å². The van der Waals surface area contributed by atoms with Crippen molar-refractivity contribution in [2.45, 2.75) is 24.1 Å². The van der Waals surface area contributed by atoms with Crippen molar-refractivity contribution in [3.05, 3.63) is 45.8 Å². The Balaban J connectivity index is 1.74. The van der Waals surface area contributed by atoms with Crippen molar-refractivity contribution in [1.82, 2.24) is 4.72 Å². The first-order valence-corrected chi connectivity index (χ1v) is 9.69. The van der Waals surface area contributed by atoms with E-state index in [9.17, 15) is 13.2 Å². The maximum Gasteiger partial charge on any atom is 0.250 e. The van der Waals surface area contributed by atoms with E-state index in [0.29, 0.717) is 10.9 Å². The Morgan fingerprint density at radius 1 is 1.35 bits per heavy atom. The van der Waals surface area contributed by atoms with Crippen LogP contribution >= 0.6 is 22.9 Å². The number of halogens is 1. The Morgan fingerprint density at radius 2 is 2.13 bits per heavy atom. The average Bonchev–Trinajstić information content (AvgIpc) is 3.11. The van der Waals surface area contributed by atoms with Gasteiger partial charge < -0.3 is 4.90 Å². The monoisotopic (exact) mass is 370 g/mol. The highest BCUT2D eigenvalue weighted by molar-refractivity contribution is 7.91. The molecule has 1 aromatic carbocycles. The second-order valence-electron chi connectivity index (χ2n) is 5.27. The zero-order valence-electron chi connectivity index (χ0n) is 12.4. The minimum atomic E-state index is -3.56. The lowest BCUT2D eigenvalue weighted by Gasteiger charge is -2.15. The second-order valence-corrected chi connectivity index (χ2v) is 8.98. The normalized spacial score (nSPS) is 14.1. The minimum absolute atomic E-state index is 0.0202. The smallest absolute Gasteiger partial charge is 0.250 e. The van der Waals surface area contributed by atoms with Crippen molar-refractivity contribution in [3.63, 3.8) is 0 Å². The third kappa shape index (κ3) is 3.42. The summed E-state index contributed by atoms with van der Waals surface area (Å²) >= 11 is 6.81. The summed E-state index contributed by atoms with van der Waals surface area (Å²) < 4.78 is 27.6. The van der Waals surface area contributed by atoms with Gasteiger partial charge in [0, 0.05) is 25.7 Å². The molecule has 2 aromatic rings. The van der Waals surface area contributed by atoms with Crippen molar-refractivity contribution >= 4 is 44.6 Å². The van der Waals surface area contributed by atoms with Crippen LogP contribution < -0.4 is 9.62 Å². The summed E-state index contributed by atoms with van der Waals surface area (Å²) in [6.45, 7) is 2.42. The largest absolute Gasteiger partial charge is 0.312 e. The maximum absolute atomic E-state index is 12.2. The van der Waals surface area contributed by atoms with Gasteiger partial charge in [-0.05, 0) is 35.7 Å². The highest BCUT2D eigenvalue weighted by Crippen LogP contribution is 2.29. The molecule has 0 atom stereocenters. The molecule has 0 spiro atoms. The van der Waals surface area contributed by atoms with Crippen molar-refractivity contribution in [1.29, 1.82) is 0 Å². The Kier molecular flexibility index (Phi) is 4.46. The zero-order valence-corrected chi connectivity index (χ0v) is 14.8. The molecule has 0 aliphatic carbocycles. The average molecular weight is 371 g/mol. The fourth-order valence-electron chi connectivity index (χ4n) is 2.58. The van der Waals surface area contributed by atoms with Crippen LogP contribution in [0.3, 0.4) is 0 Å². The van der Waals surface area contributed by atoms with Gasteiger partial charge in [0.1, 0.15) is 4.21 Å². The van der Waals surface area contributed by atoms with Crippen LogP contribution in [0.4, 0.5) is 5.69 Å². The van der Waals surface area contributed by atoms with Crippen LogP contribution in [0, 0.1) is 0 Å². The van der Waals surface area contributed by atoms with Gasteiger partial charge >= 0.3 is 0 Å². The number of amides is 1. The Morgan fingerprint density at radius 3 is 2.78 bits per heavy atom. The lowest BCUT2D eigenvalue weighted by atomic mass is 10.1. The molecule has 1 aromatic heterocycles. The Labute approximate surface area is 143 Å². The highest BCUT2D eigenvalue weighted by Gasteiger charge is 2.22. The number of nitrogens with zero attached hydrogens (tertiary/aromatic N) is 1. The van der Waals surface area contributed by atoms with Gasteiger partial charge in [0.2, 0.25) is 15.9 Å². The summed E-state index contributed by atoms with van der Waals surface area (Å²) in [4.78, 5) is 13.3. The molecule has 1 N–H and O–H groups in total. The predicted molar refractivity (Wildman–Crippen MR) is 91.5 cm³/mol. The van der Waals surface area contributed by atoms with Crippen molar-refractivity contribution in [2.24, 2.45) is 0 Å². The van der Waals surface area contributed by atoms with Crippen molar-refractivity contribution in [2.75, 3.05) is 11.4 Å². The first-order valence-electron chi connectivity index (χ1n) is 7.02. The van der Waals surface area contributed by atoms with Crippen molar-refractivity contribution in [3.8, 4) is 0 Å². The molecule has 0 bridgehead atoms. The molecule has 1 aliphatic heterocycles. The summed E-state index contributed by atoms with van der Waals surface area (Å²) in [5, 5.41) is 0. The lowest BCUT2D eigenvalue weighted by molar-refractivity contribution is -0.116. The SMILES string of the molecule is CC(=O)N1CCc2cc(CNS(=O)(=O)c3ccc(Cl)s3)ccc21. The third-order valence-electron chi connectivity index (χ3n) is 3.70. The van der Waals surface area contributed by atoms with E-state index in [1.807, 2.05) is 18.2 Å². The molecule has 0 saturated carbocycles. The molecule has 1 amide bonds. The molecule has 0 saturated heterocycles. The molecule has 0 radical (unpaired) electrons. The number of anilines is 1. The van der Waals surface area contributed by atoms with Crippen LogP contribution in [0.2, 0.25) is 4.34 Å². The molecule has 8 heteroatoms. The van der Waals surface area contributed by atoms with E-state index in [0.717, 1.165) is 34.6 Å². The van der Waals surface area contributed by atoms with Crippen molar-refractivity contribution < 1.29 is 13.2 Å². The highest BCUT2D eigenvalue weighted by atomic mass is 35.5. The van der Waals surface area contributed by atoms with E-state index in [-0.39, 0.29) is 16.7 Å². The van der Waals surface area contributed by atoms with Gasteiger partial charge in [0.15, 0.2) is 0 Å². The summed E-state index contributed by atoms with van der Waals surface area (Å²) in [6, 6.07) is 8.71. The first-order chi connectivity index (χ1) is 10.9.